The van der Waals surface area contributed by atoms with Gasteiger partial charge in [0.15, 0.2) is 0 Å². The normalized spacial score (nSPS) is 22.2. The van der Waals surface area contributed by atoms with Crippen molar-refractivity contribution in [2.75, 3.05) is 26.9 Å². The molecule has 2 fully saturated rings. The standard InChI is InChI=1S/C25H26N2O6/c1-27(21-14-32-12-20(21)22(28)29)23(30)25(10-11-25)26-24(31)33-13-19-17-8-4-2-6-15(17)16-7-3-5-9-18(16)19/h2-9,19-21H,10-14H2,1H3,(H,26,31)(H,28,29). The molecule has 2 unspecified atom stereocenters. The second-order valence-electron chi connectivity index (χ2n) is 9.00. The van der Waals surface area contributed by atoms with Crippen molar-refractivity contribution in [3.05, 3.63) is 59.7 Å². The Balaban J connectivity index is 1.24. The van der Waals surface area contributed by atoms with Crippen molar-refractivity contribution in [1.82, 2.24) is 10.2 Å². The minimum atomic E-state index is -1.04. The van der Waals surface area contributed by atoms with E-state index < -0.39 is 29.6 Å². The number of alkyl carbamates (subject to hydrolysis) is 1. The lowest BCUT2D eigenvalue weighted by Crippen LogP contribution is -2.54. The highest BCUT2D eigenvalue weighted by molar-refractivity contribution is 5.93. The summed E-state index contributed by atoms with van der Waals surface area (Å²) in [4.78, 5) is 38.7. The van der Waals surface area contributed by atoms with E-state index in [9.17, 15) is 19.5 Å². The number of ether oxygens (including phenoxy) is 2. The third kappa shape index (κ3) is 3.74. The predicted octanol–water partition coefficient (Wildman–Crippen LogP) is 2.62. The Kier molecular flexibility index (Phi) is 5.32. The first kappa shape index (κ1) is 21.5. The van der Waals surface area contributed by atoms with E-state index in [0.717, 1.165) is 22.3 Å². The highest BCUT2D eigenvalue weighted by atomic mass is 16.5. The summed E-state index contributed by atoms with van der Waals surface area (Å²) in [6.45, 7) is 0.405. The Morgan fingerprint density at radius 1 is 1.06 bits per heavy atom. The van der Waals surface area contributed by atoms with Crippen LogP contribution in [0.15, 0.2) is 48.5 Å². The highest BCUT2D eigenvalue weighted by Gasteiger charge is 2.55. The van der Waals surface area contributed by atoms with Gasteiger partial charge in [0.1, 0.15) is 18.1 Å². The van der Waals surface area contributed by atoms with Crippen molar-refractivity contribution in [3.63, 3.8) is 0 Å². The summed E-state index contributed by atoms with van der Waals surface area (Å²) in [6, 6.07) is 15.6. The van der Waals surface area contributed by atoms with Crippen LogP contribution in [0.5, 0.6) is 0 Å². The Labute approximate surface area is 191 Å². The van der Waals surface area contributed by atoms with Crippen molar-refractivity contribution >= 4 is 18.0 Å². The van der Waals surface area contributed by atoms with Gasteiger partial charge in [0.25, 0.3) is 0 Å². The second kappa shape index (κ2) is 8.19. The molecule has 0 spiro atoms. The molecule has 1 heterocycles. The molecule has 1 saturated carbocycles. The number of benzene rings is 2. The Bertz CT molecular complexity index is 1070. The molecule has 8 nitrogen and oxygen atoms in total. The Morgan fingerprint density at radius 2 is 1.67 bits per heavy atom. The second-order valence-corrected chi connectivity index (χ2v) is 9.00. The molecule has 1 saturated heterocycles. The largest absolute Gasteiger partial charge is 0.481 e. The third-order valence-electron chi connectivity index (χ3n) is 7.03. The molecule has 0 aromatic heterocycles. The first-order chi connectivity index (χ1) is 15.9. The van der Waals surface area contributed by atoms with Gasteiger partial charge in [0.05, 0.1) is 19.3 Å². The smallest absolute Gasteiger partial charge is 0.408 e. The van der Waals surface area contributed by atoms with Crippen molar-refractivity contribution in [1.29, 1.82) is 0 Å². The minimum absolute atomic E-state index is 0.0661. The van der Waals surface area contributed by atoms with Crippen LogP contribution in [0.4, 0.5) is 4.79 Å². The van der Waals surface area contributed by atoms with Gasteiger partial charge in [-0.1, -0.05) is 48.5 Å². The van der Waals surface area contributed by atoms with Crippen LogP contribution in [0.3, 0.4) is 0 Å². The minimum Gasteiger partial charge on any atom is -0.481 e. The zero-order valence-electron chi connectivity index (χ0n) is 18.3. The lowest BCUT2D eigenvalue weighted by atomic mass is 9.98. The van der Waals surface area contributed by atoms with E-state index in [0.29, 0.717) is 12.8 Å². The number of carboxylic acids is 1. The first-order valence-electron chi connectivity index (χ1n) is 11.1. The third-order valence-corrected chi connectivity index (χ3v) is 7.03. The Morgan fingerprint density at radius 3 is 2.24 bits per heavy atom. The molecule has 2 amide bonds. The summed E-state index contributed by atoms with van der Waals surface area (Å²) >= 11 is 0. The number of fused-ring (bicyclic) bond motifs is 3. The number of carbonyl (C=O) groups is 3. The maximum atomic E-state index is 13.1. The lowest BCUT2D eigenvalue weighted by molar-refractivity contribution is -0.145. The maximum Gasteiger partial charge on any atom is 0.408 e. The highest BCUT2D eigenvalue weighted by Crippen LogP contribution is 2.44. The molecule has 2 aliphatic carbocycles. The van der Waals surface area contributed by atoms with Crippen LogP contribution in [0, 0.1) is 5.92 Å². The molecule has 0 radical (unpaired) electrons. The summed E-state index contributed by atoms with van der Waals surface area (Å²) in [5.41, 5.74) is 3.48. The monoisotopic (exact) mass is 450 g/mol. The number of hydrogen-bond acceptors (Lipinski definition) is 5. The van der Waals surface area contributed by atoms with Gasteiger partial charge in [-0.05, 0) is 35.1 Å². The van der Waals surface area contributed by atoms with Crippen molar-refractivity contribution in [2.24, 2.45) is 5.92 Å². The molecule has 2 aromatic rings. The molecule has 0 bridgehead atoms. The van der Waals surface area contributed by atoms with E-state index in [1.807, 2.05) is 36.4 Å². The van der Waals surface area contributed by atoms with E-state index in [4.69, 9.17) is 9.47 Å². The van der Waals surface area contributed by atoms with Crippen molar-refractivity contribution in [3.8, 4) is 11.1 Å². The topological polar surface area (TPSA) is 105 Å². The van der Waals surface area contributed by atoms with Crippen LogP contribution in [0.25, 0.3) is 11.1 Å². The van der Waals surface area contributed by atoms with E-state index in [1.54, 1.807) is 7.05 Å². The van der Waals surface area contributed by atoms with E-state index in [1.165, 1.54) is 4.90 Å². The predicted molar refractivity (Wildman–Crippen MR) is 119 cm³/mol. The van der Waals surface area contributed by atoms with Crippen LogP contribution in [0.2, 0.25) is 0 Å². The average molecular weight is 450 g/mol. The number of aliphatic carboxylic acids is 1. The molecule has 2 N–H and O–H groups in total. The van der Waals surface area contributed by atoms with Crippen molar-refractivity contribution in [2.45, 2.75) is 30.3 Å². The SMILES string of the molecule is CN(C(=O)C1(NC(=O)OCC2c3ccccc3-c3ccccc32)CC1)C1COCC1C(=O)O. The van der Waals surface area contributed by atoms with Gasteiger partial charge in [0.2, 0.25) is 5.91 Å². The number of likely N-dealkylation sites (N-methyl/N-ethyl adjacent to an activating group) is 1. The summed E-state index contributed by atoms with van der Waals surface area (Å²) in [5, 5.41) is 12.1. The number of nitrogens with one attached hydrogen (secondary N) is 1. The first-order valence-corrected chi connectivity index (χ1v) is 11.1. The number of carbonyl (C=O) groups excluding carboxylic acids is 2. The molecule has 3 aliphatic rings. The molecular formula is C25H26N2O6. The van der Waals surface area contributed by atoms with Crippen LogP contribution in [-0.4, -0.2) is 66.4 Å². The molecule has 2 atom stereocenters. The molecule has 172 valence electrons. The zero-order valence-corrected chi connectivity index (χ0v) is 18.3. The number of amides is 2. The van der Waals surface area contributed by atoms with Crippen LogP contribution >= 0.6 is 0 Å². The summed E-state index contributed by atoms with van der Waals surface area (Å²) in [5.74, 6) is -2.14. The number of hydrogen-bond donors (Lipinski definition) is 2. The van der Waals surface area contributed by atoms with Crippen LogP contribution in [-0.2, 0) is 19.1 Å². The van der Waals surface area contributed by atoms with Crippen LogP contribution < -0.4 is 5.32 Å². The summed E-state index contributed by atoms with van der Waals surface area (Å²) < 4.78 is 10.9. The number of nitrogens with zero attached hydrogens (tertiary/aromatic N) is 1. The van der Waals surface area contributed by atoms with Gasteiger partial charge in [-0.2, -0.15) is 0 Å². The van der Waals surface area contributed by atoms with Crippen molar-refractivity contribution < 1.29 is 29.0 Å². The fraction of sp³-hybridized carbons (Fsp3) is 0.400. The zero-order chi connectivity index (χ0) is 23.2. The van der Waals surface area contributed by atoms with Crippen LogP contribution in [0.1, 0.15) is 29.9 Å². The van der Waals surface area contributed by atoms with Gasteiger partial charge in [-0.25, -0.2) is 4.79 Å². The molecule has 8 heteroatoms. The fourth-order valence-corrected chi connectivity index (χ4v) is 5.00. The Hall–Kier alpha value is -3.39. The lowest BCUT2D eigenvalue weighted by Gasteiger charge is -2.30. The number of rotatable bonds is 6. The van der Waals surface area contributed by atoms with Gasteiger partial charge in [0, 0.05) is 13.0 Å². The van der Waals surface area contributed by atoms with E-state index in [2.05, 4.69) is 17.4 Å². The number of carboxylic acid groups (broad SMARTS) is 1. The average Bonchev–Trinajstić information content (AvgIpc) is 3.30. The van der Waals surface area contributed by atoms with Gasteiger partial charge < -0.3 is 24.8 Å². The van der Waals surface area contributed by atoms with Gasteiger partial charge >= 0.3 is 12.1 Å². The molecule has 1 aliphatic heterocycles. The molecular weight excluding hydrogens is 424 g/mol. The van der Waals surface area contributed by atoms with Gasteiger partial charge in [-0.3, -0.25) is 9.59 Å². The maximum absolute atomic E-state index is 13.1. The van der Waals surface area contributed by atoms with E-state index >= 15 is 0 Å². The summed E-state index contributed by atoms with van der Waals surface area (Å²) in [7, 11) is 1.57. The fourth-order valence-electron chi connectivity index (χ4n) is 5.00. The van der Waals surface area contributed by atoms with E-state index in [-0.39, 0.29) is 31.6 Å². The molecule has 33 heavy (non-hydrogen) atoms. The summed E-state index contributed by atoms with van der Waals surface area (Å²) in [6.07, 6.45) is 0.339. The quantitative estimate of drug-likeness (QED) is 0.701. The van der Waals surface area contributed by atoms with Gasteiger partial charge in [-0.15, -0.1) is 0 Å². The molecule has 5 rings (SSSR count). The molecule has 2 aromatic carbocycles.